The lowest BCUT2D eigenvalue weighted by Gasteiger charge is -2.05. The van der Waals surface area contributed by atoms with Crippen molar-refractivity contribution in [3.05, 3.63) is 29.8 Å². The Morgan fingerprint density at radius 1 is 1.00 bits per heavy atom. The average molecular weight is 284 g/mol. The van der Waals surface area contributed by atoms with Gasteiger partial charge >= 0.3 is 5.97 Å². The minimum Gasteiger partial charge on any atom is -0.491 e. The van der Waals surface area contributed by atoms with Gasteiger partial charge in [0.1, 0.15) is 12.4 Å². The summed E-state index contributed by atoms with van der Waals surface area (Å²) in [7, 11) is 2.97. The van der Waals surface area contributed by atoms with Crippen molar-refractivity contribution in [3.8, 4) is 5.75 Å². The second kappa shape index (κ2) is 15.5. The van der Waals surface area contributed by atoms with Crippen LogP contribution in [0.4, 0.5) is 0 Å². The predicted octanol–water partition coefficient (Wildman–Crippen LogP) is 3.94. The van der Waals surface area contributed by atoms with Gasteiger partial charge in [0.15, 0.2) is 0 Å². The Balaban J connectivity index is 0. The van der Waals surface area contributed by atoms with Crippen molar-refractivity contribution in [2.45, 2.75) is 34.1 Å². The normalized spacial score (nSPS) is 8.50. The highest BCUT2D eigenvalue weighted by molar-refractivity contribution is 5.89. The van der Waals surface area contributed by atoms with Crippen LogP contribution in [0.25, 0.3) is 0 Å². The zero-order chi connectivity index (χ0) is 15.8. The lowest BCUT2D eigenvalue weighted by atomic mass is 10.2. The zero-order valence-electron chi connectivity index (χ0n) is 13.6. The quantitative estimate of drug-likeness (QED) is 0.607. The molecule has 0 amide bonds. The Morgan fingerprint density at radius 2 is 1.50 bits per heavy atom. The fraction of sp³-hybridized carbons (Fsp3) is 0.562. The topological polar surface area (TPSA) is 44.8 Å². The molecule has 0 saturated carbocycles. The third kappa shape index (κ3) is 10.4. The Morgan fingerprint density at radius 3 is 1.90 bits per heavy atom. The van der Waals surface area contributed by atoms with Crippen LogP contribution in [0.2, 0.25) is 0 Å². The summed E-state index contributed by atoms with van der Waals surface area (Å²) in [5.74, 6) is 0.359. The highest BCUT2D eigenvalue weighted by Gasteiger charge is 2.04. The fourth-order valence-corrected chi connectivity index (χ4v) is 1.05. The predicted molar refractivity (Wildman–Crippen MR) is 82.5 cm³/mol. The molecule has 0 spiro atoms. The van der Waals surface area contributed by atoms with Crippen LogP contribution in [0.15, 0.2) is 24.3 Å². The molecule has 0 heterocycles. The molecule has 0 fully saturated rings. The van der Waals surface area contributed by atoms with E-state index in [0.29, 0.717) is 24.5 Å². The summed E-state index contributed by atoms with van der Waals surface area (Å²) in [6.07, 6.45) is 1.25. The molecule has 0 atom stereocenters. The van der Waals surface area contributed by atoms with E-state index in [4.69, 9.17) is 9.47 Å². The molecule has 1 rings (SSSR count). The molecule has 0 radical (unpaired) electrons. The Labute approximate surface area is 123 Å². The van der Waals surface area contributed by atoms with Gasteiger partial charge in [-0.3, -0.25) is 0 Å². The van der Waals surface area contributed by atoms with Crippen molar-refractivity contribution in [3.63, 3.8) is 0 Å². The summed E-state index contributed by atoms with van der Waals surface area (Å²) in [6, 6.07) is 6.77. The van der Waals surface area contributed by atoms with Crippen molar-refractivity contribution >= 4 is 5.97 Å². The van der Waals surface area contributed by atoms with E-state index in [2.05, 4.69) is 18.6 Å². The number of carbonyl (C=O) groups is 1. The molecule has 0 unspecified atom stereocenters. The molecule has 0 aromatic heterocycles. The molecule has 0 aliphatic carbocycles. The standard InChI is InChI=1S/C11H14O4.C3H8.C2H6/c1-13-7-8-15-10-5-3-9(4-6-10)11(12)14-2;1-3-2;1-2/h3-6H,7-8H2,1-2H3;3H2,1-2H3;1-2H3. The molecule has 1 aromatic rings. The molecule has 1 aromatic carbocycles. The van der Waals surface area contributed by atoms with Crippen molar-refractivity contribution in [1.29, 1.82) is 0 Å². The summed E-state index contributed by atoms with van der Waals surface area (Å²) in [5, 5.41) is 0. The van der Waals surface area contributed by atoms with Crippen LogP contribution in [-0.4, -0.2) is 33.4 Å². The van der Waals surface area contributed by atoms with Crippen LogP contribution in [0.3, 0.4) is 0 Å². The second-order valence-corrected chi connectivity index (χ2v) is 3.56. The Kier molecular flexibility index (Phi) is 16.1. The molecule has 0 aliphatic rings. The van der Waals surface area contributed by atoms with Crippen LogP contribution < -0.4 is 4.74 Å². The molecular weight excluding hydrogens is 256 g/mol. The Bertz CT molecular complexity index is 320. The zero-order valence-corrected chi connectivity index (χ0v) is 13.6. The molecule has 0 bridgehead atoms. The van der Waals surface area contributed by atoms with Gasteiger partial charge in [-0.1, -0.05) is 34.1 Å². The summed E-state index contributed by atoms with van der Waals surface area (Å²) in [5.41, 5.74) is 0.511. The van der Waals surface area contributed by atoms with E-state index in [1.165, 1.54) is 13.5 Å². The molecular formula is C16H28O4. The number of rotatable bonds is 5. The van der Waals surface area contributed by atoms with E-state index < -0.39 is 0 Å². The number of methoxy groups -OCH3 is 2. The first-order valence-electron chi connectivity index (χ1n) is 6.99. The maximum Gasteiger partial charge on any atom is 0.337 e. The maximum absolute atomic E-state index is 11.1. The highest BCUT2D eigenvalue weighted by Crippen LogP contribution is 2.12. The van der Waals surface area contributed by atoms with E-state index in [1.54, 1.807) is 31.4 Å². The van der Waals surface area contributed by atoms with Crippen molar-refractivity contribution in [2.75, 3.05) is 27.4 Å². The van der Waals surface area contributed by atoms with Gasteiger partial charge in [-0.25, -0.2) is 4.79 Å². The van der Waals surface area contributed by atoms with Gasteiger partial charge in [-0.2, -0.15) is 0 Å². The molecule has 0 aliphatic heterocycles. The molecule has 0 N–H and O–H groups in total. The van der Waals surface area contributed by atoms with E-state index in [-0.39, 0.29) is 5.97 Å². The number of carbonyl (C=O) groups excluding carboxylic acids is 1. The summed E-state index contributed by atoms with van der Waals surface area (Å²) >= 11 is 0. The Hall–Kier alpha value is -1.55. The highest BCUT2D eigenvalue weighted by atomic mass is 16.5. The molecule has 116 valence electrons. The molecule has 20 heavy (non-hydrogen) atoms. The maximum atomic E-state index is 11.1. The largest absolute Gasteiger partial charge is 0.491 e. The minimum atomic E-state index is -0.349. The minimum absolute atomic E-state index is 0.349. The van der Waals surface area contributed by atoms with Gasteiger partial charge in [0.05, 0.1) is 19.3 Å². The van der Waals surface area contributed by atoms with E-state index in [9.17, 15) is 4.79 Å². The molecule has 4 nitrogen and oxygen atoms in total. The number of hydrogen-bond acceptors (Lipinski definition) is 4. The second-order valence-electron chi connectivity index (χ2n) is 3.56. The first kappa shape index (κ1) is 20.8. The van der Waals surface area contributed by atoms with Crippen molar-refractivity contribution < 1.29 is 19.0 Å². The third-order valence-corrected chi connectivity index (χ3v) is 1.83. The number of benzene rings is 1. The van der Waals surface area contributed by atoms with Gasteiger partial charge in [0.2, 0.25) is 0 Å². The SMILES string of the molecule is CC.CCC.COCCOc1ccc(C(=O)OC)cc1. The van der Waals surface area contributed by atoms with Gasteiger partial charge < -0.3 is 14.2 Å². The van der Waals surface area contributed by atoms with Crippen LogP contribution in [0.5, 0.6) is 5.75 Å². The van der Waals surface area contributed by atoms with Crippen LogP contribution >= 0.6 is 0 Å². The summed E-state index contributed by atoms with van der Waals surface area (Å²) in [4.78, 5) is 11.1. The van der Waals surface area contributed by atoms with E-state index >= 15 is 0 Å². The van der Waals surface area contributed by atoms with Crippen LogP contribution in [-0.2, 0) is 9.47 Å². The van der Waals surface area contributed by atoms with E-state index in [1.807, 2.05) is 13.8 Å². The first-order chi connectivity index (χ1) is 9.69. The van der Waals surface area contributed by atoms with Crippen LogP contribution in [0, 0.1) is 0 Å². The van der Waals surface area contributed by atoms with Gasteiger partial charge in [-0.15, -0.1) is 0 Å². The molecule has 4 heteroatoms. The van der Waals surface area contributed by atoms with Gasteiger partial charge in [-0.05, 0) is 24.3 Å². The number of ether oxygens (including phenoxy) is 3. The smallest absolute Gasteiger partial charge is 0.337 e. The van der Waals surface area contributed by atoms with Gasteiger partial charge in [0, 0.05) is 7.11 Å². The molecule has 0 saturated heterocycles. The van der Waals surface area contributed by atoms with Gasteiger partial charge in [0.25, 0.3) is 0 Å². The van der Waals surface area contributed by atoms with Crippen LogP contribution in [0.1, 0.15) is 44.5 Å². The lowest BCUT2D eigenvalue weighted by molar-refractivity contribution is 0.0600. The first-order valence-corrected chi connectivity index (χ1v) is 6.99. The lowest BCUT2D eigenvalue weighted by Crippen LogP contribution is -2.05. The summed E-state index contributed by atoms with van der Waals surface area (Å²) in [6.45, 7) is 9.28. The number of esters is 1. The van der Waals surface area contributed by atoms with Crippen molar-refractivity contribution in [1.82, 2.24) is 0 Å². The summed E-state index contributed by atoms with van der Waals surface area (Å²) < 4.78 is 14.8. The number of hydrogen-bond donors (Lipinski definition) is 0. The third-order valence-electron chi connectivity index (χ3n) is 1.83. The van der Waals surface area contributed by atoms with E-state index in [0.717, 1.165) is 0 Å². The average Bonchev–Trinajstić information content (AvgIpc) is 2.50. The fourth-order valence-electron chi connectivity index (χ4n) is 1.05. The van der Waals surface area contributed by atoms with Crippen molar-refractivity contribution in [2.24, 2.45) is 0 Å². The monoisotopic (exact) mass is 284 g/mol.